The minimum atomic E-state index is -0.538. The van der Waals surface area contributed by atoms with Gasteiger partial charge in [0.15, 0.2) is 0 Å². The van der Waals surface area contributed by atoms with Crippen LogP contribution in [0.1, 0.15) is 15.9 Å². The molecule has 0 unspecified atom stereocenters. The van der Waals surface area contributed by atoms with Crippen molar-refractivity contribution in [3.63, 3.8) is 0 Å². The Kier molecular flexibility index (Phi) is 6.04. The second-order valence-corrected chi connectivity index (χ2v) is 8.22. The molecule has 1 heterocycles. The summed E-state index contributed by atoms with van der Waals surface area (Å²) in [6.45, 7) is 2.45. The third-order valence-electron chi connectivity index (χ3n) is 4.98. The van der Waals surface area contributed by atoms with Crippen LogP contribution in [-0.2, 0) is 0 Å². The van der Waals surface area contributed by atoms with Gasteiger partial charge in [0.05, 0.1) is 10.6 Å². The molecule has 4 aromatic rings. The molecule has 0 spiro atoms. The molecule has 0 fully saturated rings. The maximum absolute atomic E-state index is 12.4. The van der Waals surface area contributed by atoms with Crippen molar-refractivity contribution in [3.05, 3.63) is 94.0 Å². The Morgan fingerprint density at radius 2 is 1.74 bits per heavy atom. The first-order valence-corrected chi connectivity index (χ1v) is 10.9. The summed E-state index contributed by atoms with van der Waals surface area (Å²) in [5.74, 6) is 0.193. The summed E-state index contributed by atoms with van der Waals surface area (Å²) < 4.78 is 0. The number of benzene rings is 3. The highest BCUT2D eigenvalue weighted by molar-refractivity contribution is 7.99. The Morgan fingerprint density at radius 3 is 2.52 bits per heavy atom. The molecule has 0 aliphatic heterocycles. The van der Waals surface area contributed by atoms with E-state index in [9.17, 15) is 14.9 Å². The van der Waals surface area contributed by atoms with Crippen LogP contribution in [0, 0.1) is 17.0 Å². The Morgan fingerprint density at radius 1 is 1.03 bits per heavy atom. The van der Waals surface area contributed by atoms with Crippen molar-refractivity contribution in [1.82, 2.24) is 10.3 Å². The van der Waals surface area contributed by atoms with Crippen molar-refractivity contribution < 1.29 is 9.72 Å². The highest BCUT2D eigenvalue weighted by Crippen LogP contribution is 2.37. The summed E-state index contributed by atoms with van der Waals surface area (Å²) in [7, 11) is 0. The molecule has 0 bridgehead atoms. The normalized spacial score (nSPS) is 10.9. The lowest BCUT2D eigenvalue weighted by molar-refractivity contribution is -0.385. The van der Waals surface area contributed by atoms with Gasteiger partial charge in [-0.2, -0.15) is 0 Å². The molecule has 2 N–H and O–H groups in total. The molecule has 156 valence electrons. The fourth-order valence-corrected chi connectivity index (χ4v) is 4.48. The number of rotatable bonds is 7. The SMILES string of the molecule is Cc1ccc(-c2[nH]c3ccccc3c2SCCNC(=O)c2ccccc2[N+](=O)[O-])cc1. The number of hydrogen-bond acceptors (Lipinski definition) is 4. The van der Waals surface area contributed by atoms with Crippen molar-refractivity contribution in [2.75, 3.05) is 12.3 Å². The van der Waals surface area contributed by atoms with Gasteiger partial charge in [0.25, 0.3) is 11.6 Å². The van der Waals surface area contributed by atoms with Gasteiger partial charge in [-0.25, -0.2) is 0 Å². The number of carbonyl (C=O) groups excluding carboxylic acids is 1. The molecule has 1 aromatic heterocycles. The largest absolute Gasteiger partial charge is 0.354 e. The molecule has 4 rings (SSSR count). The zero-order chi connectivity index (χ0) is 21.8. The van der Waals surface area contributed by atoms with Crippen LogP contribution >= 0.6 is 11.8 Å². The van der Waals surface area contributed by atoms with Crippen LogP contribution in [0.2, 0.25) is 0 Å². The van der Waals surface area contributed by atoms with E-state index in [0.717, 1.165) is 27.1 Å². The number of carbonyl (C=O) groups is 1. The van der Waals surface area contributed by atoms with Crippen molar-refractivity contribution in [1.29, 1.82) is 0 Å². The summed E-state index contributed by atoms with van der Waals surface area (Å²) in [6.07, 6.45) is 0. The molecular weight excluding hydrogens is 410 g/mol. The predicted molar refractivity (Wildman–Crippen MR) is 125 cm³/mol. The Balaban J connectivity index is 1.49. The maximum atomic E-state index is 12.4. The summed E-state index contributed by atoms with van der Waals surface area (Å²) in [4.78, 5) is 27.7. The van der Waals surface area contributed by atoms with E-state index in [4.69, 9.17) is 0 Å². The van der Waals surface area contributed by atoms with Gasteiger partial charge in [-0.3, -0.25) is 14.9 Å². The number of fused-ring (bicyclic) bond motifs is 1. The molecule has 7 heteroatoms. The van der Waals surface area contributed by atoms with Gasteiger partial charge in [0.1, 0.15) is 5.56 Å². The average Bonchev–Trinajstić information content (AvgIpc) is 3.15. The number of nitrogens with one attached hydrogen (secondary N) is 2. The fraction of sp³-hybridized carbons (Fsp3) is 0.125. The van der Waals surface area contributed by atoms with E-state index < -0.39 is 10.8 Å². The van der Waals surface area contributed by atoms with Crippen LogP contribution in [0.25, 0.3) is 22.2 Å². The predicted octanol–water partition coefficient (Wildman–Crippen LogP) is 5.57. The van der Waals surface area contributed by atoms with Crippen LogP contribution in [-0.4, -0.2) is 28.1 Å². The zero-order valence-corrected chi connectivity index (χ0v) is 17.7. The van der Waals surface area contributed by atoms with Gasteiger partial charge < -0.3 is 10.3 Å². The summed E-state index contributed by atoms with van der Waals surface area (Å²) in [6, 6.07) is 22.5. The second kappa shape index (κ2) is 9.06. The highest BCUT2D eigenvalue weighted by Gasteiger charge is 2.19. The minimum absolute atomic E-state index is 0.0740. The number of amides is 1. The molecule has 3 aromatic carbocycles. The number of hydrogen-bond donors (Lipinski definition) is 2. The molecule has 6 nitrogen and oxygen atoms in total. The second-order valence-electron chi connectivity index (χ2n) is 7.12. The maximum Gasteiger partial charge on any atom is 0.282 e. The van der Waals surface area contributed by atoms with Gasteiger partial charge in [-0.15, -0.1) is 11.8 Å². The van der Waals surface area contributed by atoms with Crippen molar-refractivity contribution in [2.45, 2.75) is 11.8 Å². The van der Waals surface area contributed by atoms with Crippen LogP contribution in [0.5, 0.6) is 0 Å². The standard InChI is InChI=1S/C24H21N3O3S/c1-16-10-12-17(13-11-16)22-23(18-6-2-4-8-20(18)26-22)31-15-14-25-24(28)19-7-3-5-9-21(19)27(29)30/h2-13,26H,14-15H2,1H3,(H,25,28). The van der Waals surface area contributed by atoms with E-state index in [1.165, 1.54) is 17.7 Å². The van der Waals surface area contributed by atoms with Crippen molar-refractivity contribution >= 4 is 34.3 Å². The van der Waals surface area contributed by atoms with Crippen LogP contribution in [0.4, 0.5) is 5.69 Å². The molecule has 0 aliphatic rings. The Hall–Kier alpha value is -3.58. The Bertz CT molecular complexity index is 1250. The molecule has 0 aliphatic carbocycles. The van der Waals surface area contributed by atoms with Crippen LogP contribution in [0.15, 0.2) is 77.7 Å². The number of nitro groups is 1. The molecule has 1 amide bonds. The van der Waals surface area contributed by atoms with Crippen molar-refractivity contribution in [3.8, 4) is 11.3 Å². The van der Waals surface area contributed by atoms with E-state index >= 15 is 0 Å². The lowest BCUT2D eigenvalue weighted by Gasteiger charge is -2.08. The monoisotopic (exact) mass is 431 g/mol. The van der Waals surface area contributed by atoms with Gasteiger partial charge in [0, 0.05) is 34.2 Å². The molecule has 0 atom stereocenters. The molecule has 0 saturated heterocycles. The number of nitro benzene ring substituents is 1. The third-order valence-corrected chi connectivity index (χ3v) is 6.10. The summed E-state index contributed by atoms with van der Waals surface area (Å²) in [5.41, 5.74) is 4.30. The number of para-hydroxylation sites is 2. The third kappa shape index (κ3) is 4.46. The van der Waals surface area contributed by atoms with E-state index in [-0.39, 0.29) is 11.3 Å². The first-order valence-electron chi connectivity index (χ1n) is 9.87. The van der Waals surface area contributed by atoms with Crippen LogP contribution < -0.4 is 5.32 Å². The number of aryl methyl sites for hydroxylation is 1. The van der Waals surface area contributed by atoms with E-state index in [1.807, 2.05) is 18.2 Å². The fourth-order valence-electron chi connectivity index (χ4n) is 3.43. The van der Waals surface area contributed by atoms with Gasteiger partial charge in [0.2, 0.25) is 0 Å². The topological polar surface area (TPSA) is 88.0 Å². The first kappa shape index (κ1) is 20.7. The lowest BCUT2D eigenvalue weighted by atomic mass is 10.1. The van der Waals surface area contributed by atoms with E-state index in [2.05, 4.69) is 47.6 Å². The average molecular weight is 432 g/mol. The minimum Gasteiger partial charge on any atom is -0.354 e. The van der Waals surface area contributed by atoms with Gasteiger partial charge in [-0.05, 0) is 24.6 Å². The molecule has 0 saturated carbocycles. The van der Waals surface area contributed by atoms with Gasteiger partial charge in [-0.1, -0.05) is 60.2 Å². The lowest BCUT2D eigenvalue weighted by Crippen LogP contribution is -2.26. The molecular formula is C24H21N3O3S. The zero-order valence-electron chi connectivity index (χ0n) is 16.9. The smallest absolute Gasteiger partial charge is 0.282 e. The van der Waals surface area contributed by atoms with E-state index in [1.54, 1.807) is 23.9 Å². The van der Waals surface area contributed by atoms with Crippen molar-refractivity contribution in [2.24, 2.45) is 0 Å². The summed E-state index contributed by atoms with van der Waals surface area (Å²) in [5, 5.41) is 15.1. The number of aromatic amines is 1. The molecule has 0 radical (unpaired) electrons. The van der Waals surface area contributed by atoms with E-state index in [0.29, 0.717) is 12.3 Å². The number of thioether (sulfide) groups is 1. The van der Waals surface area contributed by atoms with Crippen LogP contribution in [0.3, 0.4) is 0 Å². The molecule has 31 heavy (non-hydrogen) atoms. The number of aromatic nitrogens is 1. The number of nitrogens with zero attached hydrogens (tertiary/aromatic N) is 1. The number of H-pyrrole nitrogens is 1. The summed E-state index contributed by atoms with van der Waals surface area (Å²) >= 11 is 1.65. The van der Waals surface area contributed by atoms with Gasteiger partial charge >= 0.3 is 0 Å². The Labute approximate surface area is 183 Å². The quantitative estimate of drug-likeness (QED) is 0.173. The first-order chi connectivity index (χ1) is 15.0. The highest BCUT2D eigenvalue weighted by atomic mass is 32.2.